The molecule has 3 unspecified atom stereocenters. The van der Waals surface area contributed by atoms with Gasteiger partial charge in [0, 0.05) is 5.54 Å². The average molecular weight is 211 g/mol. The van der Waals surface area contributed by atoms with Gasteiger partial charge >= 0.3 is 0 Å². The van der Waals surface area contributed by atoms with E-state index in [-0.39, 0.29) is 5.54 Å². The zero-order chi connectivity index (χ0) is 11.9. The van der Waals surface area contributed by atoms with Crippen LogP contribution in [0.3, 0.4) is 0 Å². The van der Waals surface area contributed by atoms with Crippen molar-refractivity contribution in [3.05, 3.63) is 0 Å². The fourth-order valence-corrected chi connectivity index (χ4v) is 4.00. The molecule has 0 spiro atoms. The molecular weight excluding hydrogens is 182 g/mol. The molecule has 0 heterocycles. The summed E-state index contributed by atoms with van der Waals surface area (Å²) in [6, 6.07) is 0. The van der Waals surface area contributed by atoms with Gasteiger partial charge in [-0.2, -0.15) is 0 Å². The molecule has 0 bridgehead atoms. The van der Waals surface area contributed by atoms with Crippen LogP contribution in [0.1, 0.15) is 67.2 Å². The van der Waals surface area contributed by atoms with E-state index in [9.17, 15) is 0 Å². The van der Waals surface area contributed by atoms with Crippen LogP contribution in [0.15, 0.2) is 0 Å². The van der Waals surface area contributed by atoms with Crippen molar-refractivity contribution < 1.29 is 0 Å². The predicted octanol–water partition coefficient (Wildman–Crippen LogP) is 3.97. The monoisotopic (exact) mass is 211 g/mol. The molecule has 1 rings (SSSR count). The van der Waals surface area contributed by atoms with Gasteiger partial charge in [-0.1, -0.05) is 34.1 Å². The fraction of sp³-hybridized carbons (Fsp3) is 1.00. The Morgan fingerprint density at radius 1 is 1.27 bits per heavy atom. The van der Waals surface area contributed by atoms with Gasteiger partial charge in [0.05, 0.1) is 0 Å². The van der Waals surface area contributed by atoms with Gasteiger partial charge in [-0.05, 0) is 49.9 Å². The SMILES string of the molecule is CCC1(C)CC(C)C(CC)(C(C)(C)N)C1. The maximum atomic E-state index is 6.45. The lowest BCUT2D eigenvalue weighted by molar-refractivity contribution is 0.0871. The highest BCUT2D eigenvalue weighted by molar-refractivity contribution is 5.07. The summed E-state index contributed by atoms with van der Waals surface area (Å²) < 4.78 is 0. The maximum absolute atomic E-state index is 6.45. The number of hydrogen-bond donors (Lipinski definition) is 1. The van der Waals surface area contributed by atoms with Crippen LogP contribution in [-0.4, -0.2) is 5.54 Å². The molecular formula is C14H29N. The smallest absolute Gasteiger partial charge is 0.0156 e. The summed E-state index contributed by atoms with van der Waals surface area (Å²) >= 11 is 0. The molecule has 0 aromatic heterocycles. The second-order valence-corrected chi connectivity index (χ2v) is 6.68. The van der Waals surface area contributed by atoms with Gasteiger partial charge in [0.25, 0.3) is 0 Å². The van der Waals surface area contributed by atoms with Crippen LogP contribution < -0.4 is 5.73 Å². The summed E-state index contributed by atoms with van der Waals surface area (Å²) in [5, 5.41) is 0. The molecule has 2 N–H and O–H groups in total. The standard InChI is InChI=1S/C14H29N/c1-7-13(6)9-11(3)14(8-2,10-13)12(4,5)15/h11H,7-10,15H2,1-6H3. The summed E-state index contributed by atoms with van der Waals surface area (Å²) in [7, 11) is 0. The molecule has 3 atom stereocenters. The first-order valence-electron chi connectivity index (χ1n) is 6.49. The highest BCUT2D eigenvalue weighted by Gasteiger charge is 2.54. The molecule has 0 aliphatic heterocycles. The zero-order valence-electron chi connectivity index (χ0n) is 11.5. The first kappa shape index (κ1) is 13.0. The molecule has 1 aliphatic rings. The number of rotatable bonds is 3. The molecule has 0 aromatic rings. The van der Waals surface area contributed by atoms with Crippen molar-refractivity contribution in [2.75, 3.05) is 0 Å². The Bertz CT molecular complexity index is 228. The number of nitrogens with two attached hydrogens (primary N) is 1. The van der Waals surface area contributed by atoms with E-state index in [1.807, 2.05) is 0 Å². The van der Waals surface area contributed by atoms with Crippen LogP contribution in [0.25, 0.3) is 0 Å². The Morgan fingerprint density at radius 3 is 2.00 bits per heavy atom. The normalized spacial score (nSPS) is 42.2. The first-order valence-corrected chi connectivity index (χ1v) is 6.49. The Kier molecular flexibility index (Phi) is 3.27. The maximum Gasteiger partial charge on any atom is 0.0156 e. The van der Waals surface area contributed by atoms with Crippen molar-refractivity contribution in [3.63, 3.8) is 0 Å². The molecule has 1 nitrogen and oxygen atoms in total. The molecule has 1 heteroatoms. The third kappa shape index (κ3) is 1.95. The molecule has 90 valence electrons. The third-order valence-electron chi connectivity index (χ3n) is 5.25. The molecule has 15 heavy (non-hydrogen) atoms. The van der Waals surface area contributed by atoms with E-state index < -0.39 is 0 Å². The molecule has 0 radical (unpaired) electrons. The van der Waals surface area contributed by atoms with Crippen LogP contribution in [0, 0.1) is 16.7 Å². The van der Waals surface area contributed by atoms with E-state index in [2.05, 4.69) is 41.5 Å². The fourth-order valence-electron chi connectivity index (χ4n) is 4.00. The lowest BCUT2D eigenvalue weighted by atomic mass is 9.63. The van der Waals surface area contributed by atoms with Gasteiger partial charge in [0.2, 0.25) is 0 Å². The summed E-state index contributed by atoms with van der Waals surface area (Å²) in [4.78, 5) is 0. The van der Waals surface area contributed by atoms with E-state index in [0.29, 0.717) is 10.8 Å². The van der Waals surface area contributed by atoms with Crippen LogP contribution in [0.2, 0.25) is 0 Å². The topological polar surface area (TPSA) is 26.0 Å². The second kappa shape index (κ2) is 3.76. The van der Waals surface area contributed by atoms with Crippen LogP contribution in [-0.2, 0) is 0 Å². The minimum absolute atomic E-state index is 0.0475. The molecule has 0 aromatic carbocycles. The summed E-state index contributed by atoms with van der Waals surface area (Å²) in [6.45, 7) is 13.9. The highest BCUT2D eigenvalue weighted by Crippen LogP contribution is 2.60. The van der Waals surface area contributed by atoms with Crippen molar-refractivity contribution in [1.82, 2.24) is 0 Å². The number of hydrogen-bond acceptors (Lipinski definition) is 1. The molecule has 1 fully saturated rings. The van der Waals surface area contributed by atoms with Crippen LogP contribution in [0.5, 0.6) is 0 Å². The van der Waals surface area contributed by atoms with E-state index >= 15 is 0 Å². The lowest BCUT2D eigenvalue weighted by Gasteiger charge is -2.45. The van der Waals surface area contributed by atoms with Gasteiger partial charge in [-0.25, -0.2) is 0 Å². The minimum atomic E-state index is -0.0475. The summed E-state index contributed by atoms with van der Waals surface area (Å²) in [5.74, 6) is 0.757. The van der Waals surface area contributed by atoms with E-state index in [1.165, 1.54) is 25.7 Å². The minimum Gasteiger partial charge on any atom is -0.325 e. The van der Waals surface area contributed by atoms with Crippen molar-refractivity contribution in [2.45, 2.75) is 72.8 Å². The first-order chi connectivity index (χ1) is 6.71. The van der Waals surface area contributed by atoms with Gasteiger partial charge in [-0.3, -0.25) is 0 Å². The van der Waals surface area contributed by atoms with Gasteiger partial charge in [0.15, 0.2) is 0 Å². The third-order valence-corrected chi connectivity index (χ3v) is 5.25. The van der Waals surface area contributed by atoms with E-state index in [0.717, 1.165) is 5.92 Å². The highest BCUT2D eigenvalue weighted by atomic mass is 14.8. The predicted molar refractivity (Wildman–Crippen MR) is 67.8 cm³/mol. The van der Waals surface area contributed by atoms with Gasteiger partial charge in [0.1, 0.15) is 0 Å². The second-order valence-electron chi connectivity index (χ2n) is 6.68. The zero-order valence-corrected chi connectivity index (χ0v) is 11.5. The Balaban J connectivity index is 3.03. The van der Waals surface area contributed by atoms with Crippen molar-refractivity contribution in [1.29, 1.82) is 0 Å². The molecule has 0 saturated heterocycles. The van der Waals surface area contributed by atoms with Crippen molar-refractivity contribution >= 4 is 0 Å². The molecule has 1 saturated carbocycles. The molecule has 1 aliphatic carbocycles. The molecule has 0 amide bonds. The Hall–Kier alpha value is -0.0400. The van der Waals surface area contributed by atoms with Crippen molar-refractivity contribution in [2.24, 2.45) is 22.5 Å². The largest absolute Gasteiger partial charge is 0.325 e. The van der Waals surface area contributed by atoms with Crippen LogP contribution >= 0.6 is 0 Å². The van der Waals surface area contributed by atoms with E-state index in [1.54, 1.807) is 0 Å². The summed E-state index contributed by atoms with van der Waals surface area (Å²) in [6.07, 6.45) is 5.15. The van der Waals surface area contributed by atoms with Gasteiger partial charge < -0.3 is 5.73 Å². The lowest BCUT2D eigenvalue weighted by Crippen LogP contribution is -2.52. The van der Waals surface area contributed by atoms with Crippen LogP contribution in [0.4, 0.5) is 0 Å². The Labute approximate surface area is 95.8 Å². The summed E-state index contributed by atoms with van der Waals surface area (Å²) in [5.41, 5.74) is 7.27. The Morgan fingerprint density at radius 2 is 1.80 bits per heavy atom. The average Bonchev–Trinajstić information content (AvgIpc) is 2.38. The van der Waals surface area contributed by atoms with Gasteiger partial charge in [-0.15, -0.1) is 0 Å². The van der Waals surface area contributed by atoms with E-state index in [4.69, 9.17) is 5.73 Å². The van der Waals surface area contributed by atoms with Crippen molar-refractivity contribution in [3.8, 4) is 0 Å². The quantitative estimate of drug-likeness (QED) is 0.751.